The summed E-state index contributed by atoms with van der Waals surface area (Å²) in [6, 6.07) is 1.13. The summed E-state index contributed by atoms with van der Waals surface area (Å²) in [4.78, 5) is 33.4. The Morgan fingerprint density at radius 1 is 1.35 bits per heavy atom. The lowest BCUT2D eigenvalue weighted by Gasteiger charge is -2.17. The molecule has 0 saturated carbocycles. The molecular weight excluding hydrogens is 316 g/mol. The zero-order valence-corrected chi connectivity index (χ0v) is 14.1. The largest absolute Gasteiger partial charge is 0.480 e. The van der Waals surface area contributed by atoms with Gasteiger partial charge in [0.1, 0.15) is 23.0 Å². The van der Waals surface area contributed by atoms with Gasteiger partial charge in [-0.05, 0) is 18.9 Å². The SMILES string of the molecule is Cc1cc2c(NCCC(=O)NC(C(=O)O)C(C)C)ncnc2s1. The van der Waals surface area contributed by atoms with Crippen LogP contribution in [0.3, 0.4) is 0 Å². The molecule has 0 aliphatic rings. The van der Waals surface area contributed by atoms with Crippen LogP contribution in [0.1, 0.15) is 25.1 Å². The summed E-state index contributed by atoms with van der Waals surface area (Å²) in [5.41, 5.74) is 0. The first kappa shape index (κ1) is 17.1. The molecule has 1 unspecified atom stereocenters. The van der Waals surface area contributed by atoms with Gasteiger partial charge in [-0.25, -0.2) is 14.8 Å². The van der Waals surface area contributed by atoms with Gasteiger partial charge in [-0.1, -0.05) is 13.8 Å². The molecule has 0 aliphatic heterocycles. The maximum atomic E-state index is 11.9. The van der Waals surface area contributed by atoms with Gasteiger partial charge in [0.05, 0.1) is 5.39 Å². The molecule has 2 aromatic heterocycles. The molecule has 3 N–H and O–H groups in total. The Hall–Kier alpha value is -2.22. The Labute approximate surface area is 138 Å². The van der Waals surface area contributed by atoms with Crippen LogP contribution in [0.15, 0.2) is 12.4 Å². The Morgan fingerprint density at radius 2 is 2.09 bits per heavy atom. The van der Waals surface area contributed by atoms with E-state index in [-0.39, 0.29) is 18.2 Å². The van der Waals surface area contributed by atoms with E-state index in [0.29, 0.717) is 12.4 Å². The maximum Gasteiger partial charge on any atom is 0.326 e. The summed E-state index contributed by atoms with van der Waals surface area (Å²) in [6.07, 6.45) is 1.66. The molecule has 0 saturated heterocycles. The molecule has 0 bridgehead atoms. The lowest BCUT2D eigenvalue weighted by molar-refractivity contribution is -0.143. The Balaban J connectivity index is 1.91. The number of anilines is 1. The fourth-order valence-electron chi connectivity index (χ4n) is 2.17. The number of nitrogens with one attached hydrogen (secondary N) is 2. The number of aryl methyl sites for hydroxylation is 1. The summed E-state index contributed by atoms with van der Waals surface area (Å²) in [6.45, 7) is 5.89. The van der Waals surface area contributed by atoms with Gasteiger partial charge in [0.2, 0.25) is 5.91 Å². The van der Waals surface area contributed by atoms with Crippen molar-refractivity contribution in [3.05, 3.63) is 17.3 Å². The van der Waals surface area contributed by atoms with Crippen molar-refractivity contribution in [1.29, 1.82) is 0 Å². The van der Waals surface area contributed by atoms with E-state index in [1.165, 1.54) is 6.33 Å². The molecule has 0 radical (unpaired) electrons. The first-order valence-electron chi connectivity index (χ1n) is 7.35. The molecule has 1 atom stereocenters. The molecule has 0 aromatic carbocycles. The zero-order valence-electron chi connectivity index (χ0n) is 13.3. The Kier molecular flexibility index (Phi) is 5.49. The summed E-state index contributed by atoms with van der Waals surface area (Å²) in [5.74, 6) is -0.802. The van der Waals surface area contributed by atoms with E-state index < -0.39 is 12.0 Å². The van der Waals surface area contributed by atoms with E-state index in [0.717, 1.165) is 15.1 Å². The lowest BCUT2D eigenvalue weighted by atomic mass is 10.0. The first-order valence-corrected chi connectivity index (χ1v) is 8.17. The van der Waals surface area contributed by atoms with Crippen LogP contribution in [0.4, 0.5) is 5.82 Å². The summed E-state index contributed by atoms with van der Waals surface area (Å²) in [7, 11) is 0. The molecule has 8 heteroatoms. The normalized spacial score (nSPS) is 12.3. The van der Waals surface area contributed by atoms with Crippen LogP contribution in [0.2, 0.25) is 0 Å². The van der Waals surface area contributed by atoms with Gasteiger partial charge in [0.25, 0.3) is 0 Å². The number of carboxylic acid groups (broad SMARTS) is 1. The highest BCUT2D eigenvalue weighted by Gasteiger charge is 2.23. The lowest BCUT2D eigenvalue weighted by Crippen LogP contribution is -2.44. The third-order valence-corrected chi connectivity index (χ3v) is 4.30. The quantitative estimate of drug-likeness (QED) is 0.714. The number of hydrogen-bond acceptors (Lipinski definition) is 6. The molecular formula is C15H20N4O3S. The van der Waals surface area contributed by atoms with E-state index in [9.17, 15) is 9.59 Å². The van der Waals surface area contributed by atoms with Crippen molar-refractivity contribution in [3.63, 3.8) is 0 Å². The second-order valence-electron chi connectivity index (χ2n) is 5.60. The molecule has 124 valence electrons. The number of carbonyl (C=O) groups excluding carboxylic acids is 1. The summed E-state index contributed by atoms with van der Waals surface area (Å²) in [5, 5.41) is 15.6. The van der Waals surface area contributed by atoms with Gasteiger partial charge < -0.3 is 15.7 Å². The Bertz CT molecular complexity index is 714. The Morgan fingerprint density at radius 3 is 2.74 bits per heavy atom. The molecule has 0 fully saturated rings. The van der Waals surface area contributed by atoms with E-state index >= 15 is 0 Å². The summed E-state index contributed by atoms with van der Waals surface area (Å²) < 4.78 is 0. The molecule has 2 heterocycles. The molecule has 2 rings (SSSR count). The van der Waals surface area contributed by atoms with Gasteiger partial charge in [-0.2, -0.15) is 0 Å². The highest BCUT2D eigenvalue weighted by molar-refractivity contribution is 7.18. The number of fused-ring (bicyclic) bond motifs is 1. The van der Waals surface area contributed by atoms with Crippen molar-refractivity contribution >= 4 is 39.2 Å². The molecule has 7 nitrogen and oxygen atoms in total. The first-order chi connectivity index (χ1) is 10.9. The van der Waals surface area contributed by atoms with Crippen molar-refractivity contribution in [1.82, 2.24) is 15.3 Å². The number of rotatable bonds is 7. The van der Waals surface area contributed by atoms with Crippen LogP contribution in [0.25, 0.3) is 10.2 Å². The van der Waals surface area contributed by atoms with Crippen LogP contribution >= 0.6 is 11.3 Å². The third-order valence-electron chi connectivity index (χ3n) is 3.35. The second kappa shape index (κ2) is 7.36. The van der Waals surface area contributed by atoms with Crippen molar-refractivity contribution in [2.75, 3.05) is 11.9 Å². The van der Waals surface area contributed by atoms with Crippen molar-refractivity contribution in [3.8, 4) is 0 Å². The smallest absolute Gasteiger partial charge is 0.326 e. The van der Waals surface area contributed by atoms with Crippen molar-refractivity contribution in [2.45, 2.75) is 33.2 Å². The third kappa shape index (κ3) is 4.38. The van der Waals surface area contributed by atoms with Crippen molar-refractivity contribution < 1.29 is 14.7 Å². The molecule has 2 aromatic rings. The minimum Gasteiger partial charge on any atom is -0.480 e. The van der Waals surface area contributed by atoms with Gasteiger partial charge in [-0.3, -0.25) is 4.79 Å². The number of hydrogen-bond donors (Lipinski definition) is 3. The van der Waals surface area contributed by atoms with Gasteiger partial charge in [0.15, 0.2) is 0 Å². The topological polar surface area (TPSA) is 104 Å². The van der Waals surface area contributed by atoms with Crippen LogP contribution in [0.5, 0.6) is 0 Å². The van der Waals surface area contributed by atoms with E-state index in [1.807, 2.05) is 13.0 Å². The standard InChI is InChI=1S/C15H20N4O3S/c1-8(2)12(15(21)22)19-11(20)4-5-16-13-10-6-9(3)23-14(10)18-7-17-13/h6-8,12H,4-5H2,1-3H3,(H,19,20)(H,21,22)(H,16,17,18). The molecule has 23 heavy (non-hydrogen) atoms. The second-order valence-corrected chi connectivity index (χ2v) is 6.84. The zero-order chi connectivity index (χ0) is 17.0. The number of amides is 1. The minimum absolute atomic E-state index is 0.167. The number of aliphatic carboxylic acids is 1. The van der Waals surface area contributed by atoms with Gasteiger partial charge >= 0.3 is 5.97 Å². The number of carboxylic acids is 1. The minimum atomic E-state index is -1.02. The van der Waals surface area contributed by atoms with Crippen LogP contribution in [-0.2, 0) is 9.59 Å². The predicted octanol–water partition coefficient (Wildman–Crippen LogP) is 2.03. The molecule has 1 amide bonds. The molecule has 0 aliphatic carbocycles. The summed E-state index contributed by atoms with van der Waals surface area (Å²) >= 11 is 1.59. The van der Waals surface area contributed by atoms with Crippen LogP contribution in [-0.4, -0.2) is 39.5 Å². The maximum absolute atomic E-state index is 11.9. The highest BCUT2D eigenvalue weighted by Crippen LogP contribution is 2.27. The van der Waals surface area contributed by atoms with E-state index in [2.05, 4.69) is 20.6 Å². The van der Waals surface area contributed by atoms with Crippen LogP contribution in [0, 0.1) is 12.8 Å². The number of carbonyl (C=O) groups is 2. The predicted molar refractivity (Wildman–Crippen MR) is 89.7 cm³/mol. The highest BCUT2D eigenvalue weighted by atomic mass is 32.1. The number of thiophene rings is 1. The number of nitrogens with zero attached hydrogens (tertiary/aromatic N) is 2. The number of aromatic nitrogens is 2. The fraction of sp³-hybridized carbons (Fsp3) is 0.467. The average Bonchev–Trinajstić information content (AvgIpc) is 2.85. The van der Waals surface area contributed by atoms with Crippen LogP contribution < -0.4 is 10.6 Å². The molecule has 0 spiro atoms. The van der Waals surface area contributed by atoms with Gasteiger partial charge in [0, 0.05) is 17.8 Å². The monoisotopic (exact) mass is 336 g/mol. The van der Waals surface area contributed by atoms with Crippen molar-refractivity contribution in [2.24, 2.45) is 5.92 Å². The average molecular weight is 336 g/mol. The van der Waals surface area contributed by atoms with E-state index in [4.69, 9.17) is 5.11 Å². The van der Waals surface area contributed by atoms with Gasteiger partial charge in [-0.15, -0.1) is 11.3 Å². The fourth-order valence-corrected chi connectivity index (χ4v) is 3.02. The van der Waals surface area contributed by atoms with E-state index in [1.54, 1.807) is 25.2 Å².